The Bertz CT molecular complexity index is 524. The second-order valence-corrected chi connectivity index (χ2v) is 6.88. The second kappa shape index (κ2) is 5.48. The number of hydrogen-bond donors (Lipinski definition) is 1. The van der Waals surface area contributed by atoms with Crippen LogP contribution in [0, 0.1) is 0 Å². The predicted octanol–water partition coefficient (Wildman–Crippen LogP) is 1.23. The van der Waals surface area contributed by atoms with Gasteiger partial charge in [-0.1, -0.05) is 0 Å². The van der Waals surface area contributed by atoms with Crippen LogP contribution in [0.15, 0.2) is 29.2 Å². The third-order valence-corrected chi connectivity index (χ3v) is 4.84. The van der Waals surface area contributed by atoms with E-state index in [0.29, 0.717) is 18.7 Å². The molecule has 0 spiro atoms. The summed E-state index contributed by atoms with van der Waals surface area (Å²) in [6.45, 7) is 4.37. The summed E-state index contributed by atoms with van der Waals surface area (Å²) in [5.74, 6) is 0.649. The summed E-state index contributed by atoms with van der Waals surface area (Å²) >= 11 is 0. The Morgan fingerprint density at radius 1 is 1.32 bits per heavy atom. The highest BCUT2D eigenvalue weighted by Gasteiger charge is 2.31. The van der Waals surface area contributed by atoms with Gasteiger partial charge in [0.25, 0.3) is 0 Å². The van der Waals surface area contributed by atoms with Crippen molar-refractivity contribution in [3.05, 3.63) is 24.3 Å². The van der Waals surface area contributed by atoms with E-state index in [9.17, 15) is 13.5 Å². The van der Waals surface area contributed by atoms with E-state index in [1.54, 1.807) is 12.1 Å². The van der Waals surface area contributed by atoms with Crippen molar-refractivity contribution in [1.82, 2.24) is 4.31 Å². The molecule has 0 unspecified atom stereocenters. The Balaban J connectivity index is 2.17. The molecule has 0 aliphatic carbocycles. The van der Waals surface area contributed by atoms with Crippen LogP contribution in [-0.2, 0) is 10.0 Å². The topological polar surface area (TPSA) is 66.8 Å². The average molecular weight is 285 g/mol. The van der Waals surface area contributed by atoms with Crippen LogP contribution in [0.1, 0.15) is 20.3 Å². The van der Waals surface area contributed by atoms with Gasteiger partial charge in [0.2, 0.25) is 10.0 Å². The van der Waals surface area contributed by atoms with Gasteiger partial charge >= 0.3 is 0 Å². The first-order valence-corrected chi connectivity index (χ1v) is 7.78. The Morgan fingerprint density at radius 2 is 1.95 bits per heavy atom. The number of hydrogen-bond acceptors (Lipinski definition) is 4. The highest BCUT2D eigenvalue weighted by molar-refractivity contribution is 7.89. The van der Waals surface area contributed by atoms with Crippen molar-refractivity contribution < 1.29 is 18.3 Å². The zero-order valence-electron chi connectivity index (χ0n) is 11.1. The molecule has 5 nitrogen and oxygen atoms in total. The summed E-state index contributed by atoms with van der Waals surface area (Å²) in [7, 11) is -3.50. The van der Waals surface area contributed by atoms with Gasteiger partial charge in [-0.25, -0.2) is 8.42 Å². The van der Waals surface area contributed by atoms with Crippen LogP contribution >= 0.6 is 0 Å². The molecule has 1 saturated heterocycles. The molecule has 6 heteroatoms. The largest absolute Gasteiger partial charge is 0.491 e. The van der Waals surface area contributed by atoms with Crippen LogP contribution < -0.4 is 4.74 Å². The van der Waals surface area contributed by atoms with Crippen LogP contribution in [-0.4, -0.2) is 43.1 Å². The molecule has 0 amide bonds. The smallest absolute Gasteiger partial charge is 0.243 e. The summed E-state index contributed by atoms with van der Waals surface area (Å²) in [6.07, 6.45) is -0.0113. The van der Waals surface area contributed by atoms with Crippen LogP contribution in [0.4, 0.5) is 0 Å². The number of benzene rings is 1. The van der Waals surface area contributed by atoms with Crippen molar-refractivity contribution in [3.63, 3.8) is 0 Å². The lowest BCUT2D eigenvalue weighted by Crippen LogP contribution is -2.29. The predicted molar refractivity (Wildman–Crippen MR) is 71.6 cm³/mol. The molecule has 1 N–H and O–H groups in total. The van der Waals surface area contributed by atoms with Gasteiger partial charge in [-0.15, -0.1) is 0 Å². The maximum Gasteiger partial charge on any atom is 0.243 e. The van der Waals surface area contributed by atoms with E-state index in [1.165, 1.54) is 16.4 Å². The molecule has 2 rings (SSSR count). The molecule has 1 aromatic carbocycles. The standard InChI is InChI=1S/C13H19NO4S/c1-10(2)18-12-3-5-13(6-4-12)19(16,17)14-8-7-11(15)9-14/h3-6,10-11,15H,7-9H2,1-2H3/t11-/m1/s1. The van der Waals surface area contributed by atoms with Crippen molar-refractivity contribution in [1.29, 1.82) is 0 Å². The summed E-state index contributed by atoms with van der Waals surface area (Å²) in [6, 6.07) is 6.38. The van der Waals surface area contributed by atoms with Gasteiger partial charge in [0.1, 0.15) is 5.75 Å². The fourth-order valence-corrected chi connectivity index (χ4v) is 3.53. The minimum absolute atomic E-state index is 0.0520. The van der Waals surface area contributed by atoms with Gasteiger partial charge in [-0.05, 0) is 44.5 Å². The minimum atomic E-state index is -3.50. The van der Waals surface area contributed by atoms with Crippen LogP contribution in [0.3, 0.4) is 0 Å². The first-order valence-electron chi connectivity index (χ1n) is 6.34. The monoisotopic (exact) mass is 285 g/mol. The fourth-order valence-electron chi connectivity index (χ4n) is 2.04. The van der Waals surface area contributed by atoms with E-state index in [4.69, 9.17) is 4.74 Å². The average Bonchev–Trinajstić information content (AvgIpc) is 2.76. The van der Waals surface area contributed by atoms with Crippen LogP contribution in [0.2, 0.25) is 0 Å². The molecule has 0 aromatic heterocycles. The SMILES string of the molecule is CC(C)Oc1ccc(S(=O)(=O)N2CC[C@@H](O)C2)cc1. The molecular weight excluding hydrogens is 266 g/mol. The quantitative estimate of drug-likeness (QED) is 0.903. The third kappa shape index (κ3) is 3.26. The number of ether oxygens (including phenoxy) is 1. The molecular formula is C13H19NO4S. The van der Waals surface area contributed by atoms with E-state index in [-0.39, 0.29) is 17.5 Å². The number of nitrogens with zero attached hydrogens (tertiary/aromatic N) is 1. The maximum atomic E-state index is 12.3. The molecule has 106 valence electrons. The summed E-state index contributed by atoms with van der Waals surface area (Å²) in [5.41, 5.74) is 0. The second-order valence-electron chi connectivity index (χ2n) is 4.94. The molecule has 0 radical (unpaired) electrons. The van der Waals surface area contributed by atoms with Gasteiger partial charge in [-0.3, -0.25) is 0 Å². The van der Waals surface area contributed by atoms with Crippen molar-refractivity contribution in [2.24, 2.45) is 0 Å². The number of aliphatic hydroxyl groups excluding tert-OH is 1. The van der Waals surface area contributed by atoms with Crippen LogP contribution in [0.5, 0.6) is 5.75 Å². The molecule has 0 saturated carbocycles. The molecule has 19 heavy (non-hydrogen) atoms. The van der Waals surface area contributed by atoms with Crippen molar-refractivity contribution in [2.75, 3.05) is 13.1 Å². The number of β-amino-alcohol motifs (C(OH)–C–C–N with tert-alkyl or cyclic N) is 1. The van der Waals surface area contributed by atoms with E-state index in [1.807, 2.05) is 13.8 Å². The first-order chi connectivity index (χ1) is 8.89. The lowest BCUT2D eigenvalue weighted by molar-refractivity contribution is 0.189. The van der Waals surface area contributed by atoms with Gasteiger partial charge in [0.15, 0.2) is 0 Å². The summed E-state index contributed by atoms with van der Waals surface area (Å²) < 4.78 is 31.4. The van der Waals surface area contributed by atoms with Crippen molar-refractivity contribution in [2.45, 2.75) is 37.4 Å². The minimum Gasteiger partial charge on any atom is -0.491 e. The third-order valence-electron chi connectivity index (χ3n) is 2.96. The molecule has 1 aromatic rings. The van der Waals surface area contributed by atoms with Crippen molar-refractivity contribution >= 4 is 10.0 Å². The van der Waals surface area contributed by atoms with E-state index in [0.717, 1.165) is 0 Å². The molecule has 1 aliphatic rings. The number of rotatable bonds is 4. The molecule has 1 fully saturated rings. The summed E-state index contributed by atoms with van der Waals surface area (Å²) in [5, 5.41) is 9.43. The summed E-state index contributed by atoms with van der Waals surface area (Å²) in [4.78, 5) is 0.234. The number of sulfonamides is 1. The fraction of sp³-hybridized carbons (Fsp3) is 0.538. The molecule has 1 aliphatic heterocycles. The van der Waals surface area contributed by atoms with Crippen molar-refractivity contribution in [3.8, 4) is 5.75 Å². The van der Waals surface area contributed by atoms with Gasteiger partial charge < -0.3 is 9.84 Å². The highest BCUT2D eigenvalue weighted by atomic mass is 32.2. The Labute approximate surface area is 113 Å². The molecule has 0 bridgehead atoms. The van der Waals surface area contributed by atoms with E-state index >= 15 is 0 Å². The number of aliphatic hydroxyl groups is 1. The first kappa shape index (κ1) is 14.3. The van der Waals surface area contributed by atoms with E-state index < -0.39 is 16.1 Å². The highest BCUT2D eigenvalue weighted by Crippen LogP contribution is 2.23. The Hall–Kier alpha value is -1.11. The van der Waals surface area contributed by atoms with Gasteiger partial charge in [0.05, 0.1) is 17.1 Å². The van der Waals surface area contributed by atoms with Gasteiger partial charge in [-0.2, -0.15) is 4.31 Å². The van der Waals surface area contributed by atoms with Crippen LogP contribution in [0.25, 0.3) is 0 Å². The van der Waals surface area contributed by atoms with Gasteiger partial charge in [0, 0.05) is 13.1 Å². The zero-order valence-corrected chi connectivity index (χ0v) is 11.9. The molecule has 1 atom stereocenters. The maximum absolute atomic E-state index is 12.3. The normalized spacial score (nSPS) is 20.9. The Kier molecular flexibility index (Phi) is 4.13. The Morgan fingerprint density at radius 3 is 2.42 bits per heavy atom. The van der Waals surface area contributed by atoms with E-state index in [2.05, 4.69) is 0 Å². The molecule has 1 heterocycles. The lowest BCUT2D eigenvalue weighted by atomic mass is 10.3. The zero-order chi connectivity index (χ0) is 14.0. The lowest BCUT2D eigenvalue weighted by Gasteiger charge is -2.16.